The minimum Gasteiger partial charge on any atom is -0.480 e. The SMILES string of the molecule is C=CC(C=C)(CCCC)C(=O)O. The van der Waals surface area contributed by atoms with Gasteiger partial charge in [-0.1, -0.05) is 31.9 Å². The average molecular weight is 168 g/mol. The minimum absolute atomic E-state index is 0.589. The lowest BCUT2D eigenvalue weighted by Crippen LogP contribution is -2.25. The Labute approximate surface area is 73.6 Å². The summed E-state index contributed by atoms with van der Waals surface area (Å²) in [4.78, 5) is 10.8. The van der Waals surface area contributed by atoms with Crippen molar-refractivity contribution in [3.63, 3.8) is 0 Å². The summed E-state index contributed by atoms with van der Waals surface area (Å²) in [5.41, 5.74) is -0.921. The third-order valence-electron chi connectivity index (χ3n) is 2.07. The summed E-state index contributed by atoms with van der Waals surface area (Å²) in [6.07, 6.45) is 5.36. The molecule has 1 N–H and O–H groups in total. The van der Waals surface area contributed by atoms with Crippen LogP contribution in [0.2, 0.25) is 0 Å². The van der Waals surface area contributed by atoms with Crippen molar-refractivity contribution in [1.29, 1.82) is 0 Å². The second-order valence-electron chi connectivity index (χ2n) is 2.86. The van der Waals surface area contributed by atoms with Crippen molar-refractivity contribution in [1.82, 2.24) is 0 Å². The number of rotatable bonds is 6. The van der Waals surface area contributed by atoms with E-state index in [2.05, 4.69) is 13.2 Å². The molecule has 0 radical (unpaired) electrons. The average Bonchev–Trinajstić information content (AvgIpc) is 2.07. The first kappa shape index (κ1) is 11.0. The molecule has 0 aromatic heterocycles. The lowest BCUT2D eigenvalue weighted by molar-refractivity contribution is -0.143. The lowest BCUT2D eigenvalue weighted by Gasteiger charge is -2.20. The lowest BCUT2D eigenvalue weighted by atomic mass is 9.83. The molecule has 0 atom stereocenters. The van der Waals surface area contributed by atoms with E-state index in [-0.39, 0.29) is 0 Å². The van der Waals surface area contributed by atoms with Gasteiger partial charge in [-0.2, -0.15) is 0 Å². The van der Waals surface area contributed by atoms with E-state index in [0.29, 0.717) is 6.42 Å². The standard InChI is InChI=1S/C10H16O2/c1-4-7-8-10(5-2,6-3)9(11)12/h5-6H,2-4,7-8H2,1H3,(H,11,12). The maximum Gasteiger partial charge on any atom is 0.317 e. The summed E-state index contributed by atoms with van der Waals surface area (Å²) in [6, 6.07) is 0. The first-order valence-corrected chi connectivity index (χ1v) is 4.13. The molecular formula is C10H16O2. The molecule has 0 fully saturated rings. The highest BCUT2D eigenvalue weighted by Crippen LogP contribution is 2.27. The van der Waals surface area contributed by atoms with Gasteiger partial charge in [0.15, 0.2) is 0 Å². The maximum atomic E-state index is 10.8. The molecule has 0 saturated heterocycles. The van der Waals surface area contributed by atoms with Crippen LogP contribution in [0.1, 0.15) is 26.2 Å². The zero-order chi connectivity index (χ0) is 9.61. The first-order chi connectivity index (χ1) is 5.63. The van der Waals surface area contributed by atoms with E-state index < -0.39 is 11.4 Å². The van der Waals surface area contributed by atoms with Crippen molar-refractivity contribution in [2.45, 2.75) is 26.2 Å². The van der Waals surface area contributed by atoms with Gasteiger partial charge < -0.3 is 5.11 Å². The second kappa shape index (κ2) is 4.75. The number of aliphatic carboxylic acids is 1. The molecule has 0 unspecified atom stereocenters. The van der Waals surface area contributed by atoms with Crippen LogP contribution in [0.5, 0.6) is 0 Å². The summed E-state index contributed by atoms with van der Waals surface area (Å²) in [7, 11) is 0. The van der Waals surface area contributed by atoms with Crippen molar-refractivity contribution in [2.24, 2.45) is 5.41 Å². The molecule has 0 aromatic rings. The maximum absolute atomic E-state index is 10.8. The fourth-order valence-corrected chi connectivity index (χ4v) is 1.04. The minimum atomic E-state index is -0.921. The van der Waals surface area contributed by atoms with E-state index in [1.165, 1.54) is 12.2 Å². The monoisotopic (exact) mass is 168 g/mol. The molecule has 2 nitrogen and oxygen atoms in total. The highest BCUT2D eigenvalue weighted by atomic mass is 16.4. The molecule has 0 bridgehead atoms. The Hall–Kier alpha value is -1.05. The Balaban J connectivity index is 4.46. The van der Waals surface area contributed by atoms with Crippen LogP contribution in [0.3, 0.4) is 0 Å². The molecule has 0 aromatic carbocycles. The number of carboxylic acid groups (broad SMARTS) is 1. The van der Waals surface area contributed by atoms with Crippen molar-refractivity contribution in [2.75, 3.05) is 0 Å². The van der Waals surface area contributed by atoms with Gasteiger partial charge in [0, 0.05) is 0 Å². The molecule has 12 heavy (non-hydrogen) atoms. The van der Waals surface area contributed by atoms with E-state index in [1.54, 1.807) is 0 Å². The van der Waals surface area contributed by atoms with Crippen LogP contribution in [0.15, 0.2) is 25.3 Å². The molecule has 0 spiro atoms. The Morgan fingerprint density at radius 1 is 1.50 bits per heavy atom. The van der Waals surface area contributed by atoms with Crippen LogP contribution >= 0.6 is 0 Å². The van der Waals surface area contributed by atoms with Crippen molar-refractivity contribution in [3.8, 4) is 0 Å². The van der Waals surface area contributed by atoms with Gasteiger partial charge >= 0.3 is 5.97 Å². The smallest absolute Gasteiger partial charge is 0.317 e. The van der Waals surface area contributed by atoms with Crippen LogP contribution in [0, 0.1) is 5.41 Å². The van der Waals surface area contributed by atoms with Crippen LogP contribution in [0.4, 0.5) is 0 Å². The van der Waals surface area contributed by atoms with Gasteiger partial charge in [0.1, 0.15) is 5.41 Å². The highest BCUT2D eigenvalue weighted by molar-refractivity contribution is 5.79. The summed E-state index contributed by atoms with van der Waals surface area (Å²) >= 11 is 0. The summed E-state index contributed by atoms with van der Waals surface area (Å²) in [5, 5.41) is 8.91. The number of unbranched alkanes of at least 4 members (excludes halogenated alkanes) is 1. The van der Waals surface area contributed by atoms with Gasteiger partial charge in [0.25, 0.3) is 0 Å². The molecule has 2 heteroatoms. The van der Waals surface area contributed by atoms with E-state index in [0.717, 1.165) is 12.8 Å². The predicted molar refractivity (Wildman–Crippen MR) is 50.0 cm³/mol. The van der Waals surface area contributed by atoms with Gasteiger partial charge in [-0.25, -0.2) is 0 Å². The van der Waals surface area contributed by atoms with E-state index in [4.69, 9.17) is 5.11 Å². The topological polar surface area (TPSA) is 37.3 Å². The zero-order valence-electron chi connectivity index (χ0n) is 7.55. The third-order valence-corrected chi connectivity index (χ3v) is 2.07. The summed E-state index contributed by atoms with van der Waals surface area (Å²) < 4.78 is 0. The predicted octanol–water partition coefficient (Wildman–Crippen LogP) is 2.62. The molecule has 0 aliphatic carbocycles. The molecule has 0 aliphatic heterocycles. The zero-order valence-corrected chi connectivity index (χ0v) is 7.55. The molecule has 0 heterocycles. The summed E-state index contributed by atoms with van der Waals surface area (Å²) in [5.74, 6) is -0.860. The normalized spacial score (nSPS) is 10.8. The highest BCUT2D eigenvalue weighted by Gasteiger charge is 2.30. The number of carbonyl (C=O) groups is 1. The number of hydrogen-bond acceptors (Lipinski definition) is 1. The van der Waals surface area contributed by atoms with Crippen molar-refractivity contribution >= 4 is 5.97 Å². The van der Waals surface area contributed by atoms with Gasteiger partial charge in [-0.15, -0.1) is 13.2 Å². The fraction of sp³-hybridized carbons (Fsp3) is 0.500. The van der Waals surface area contributed by atoms with Crippen LogP contribution in [-0.4, -0.2) is 11.1 Å². The Morgan fingerprint density at radius 3 is 2.25 bits per heavy atom. The molecule has 0 rings (SSSR count). The third kappa shape index (κ3) is 2.22. The largest absolute Gasteiger partial charge is 0.480 e. The summed E-state index contributed by atoms with van der Waals surface area (Å²) in [6.45, 7) is 9.08. The Bertz CT molecular complexity index is 174. The van der Waals surface area contributed by atoms with Gasteiger partial charge in [-0.3, -0.25) is 4.79 Å². The quantitative estimate of drug-likeness (QED) is 0.619. The molecule has 68 valence electrons. The van der Waals surface area contributed by atoms with Crippen LogP contribution in [0.25, 0.3) is 0 Å². The van der Waals surface area contributed by atoms with E-state index >= 15 is 0 Å². The van der Waals surface area contributed by atoms with E-state index in [1.807, 2.05) is 6.92 Å². The molecular weight excluding hydrogens is 152 g/mol. The Kier molecular flexibility index (Phi) is 4.34. The number of hydrogen-bond donors (Lipinski definition) is 1. The van der Waals surface area contributed by atoms with Gasteiger partial charge in [0.05, 0.1) is 0 Å². The van der Waals surface area contributed by atoms with Gasteiger partial charge in [0.2, 0.25) is 0 Å². The van der Waals surface area contributed by atoms with Crippen molar-refractivity contribution < 1.29 is 9.90 Å². The second-order valence-corrected chi connectivity index (χ2v) is 2.86. The molecule has 0 saturated carbocycles. The molecule has 0 amide bonds. The van der Waals surface area contributed by atoms with Crippen LogP contribution < -0.4 is 0 Å². The fourth-order valence-electron chi connectivity index (χ4n) is 1.04. The van der Waals surface area contributed by atoms with Crippen LogP contribution in [-0.2, 0) is 4.79 Å². The first-order valence-electron chi connectivity index (χ1n) is 4.13. The van der Waals surface area contributed by atoms with Crippen molar-refractivity contribution in [3.05, 3.63) is 25.3 Å². The molecule has 0 aliphatic rings. The van der Waals surface area contributed by atoms with E-state index in [9.17, 15) is 4.79 Å². The Morgan fingerprint density at radius 2 is 2.00 bits per heavy atom. The number of carboxylic acids is 1. The van der Waals surface area contributed by atoms with Gasteiger partial charge in [-0.05, 0) is 6.42 Å².